The number of nitrogens with two attached hydrogens (primary N) is 2. The van der Waals surface area contributed by atoms with E-state index in [9.17, 15) is 33.9 Å². The standard InChI is InChI=1S/C21H37N9O10/c22-20(23)25-5-1-2-12-18(36)29-30-19(37)13(3-4-16(33)34)27-21(38)28-14(10-31)17(35)24-6-7-39-8-9-40-11-15(32)26-12/h12-14,31H,1-11H2,(H,24,35)(H,26,32)(H,29,36)(H,30,37)(H,33,34)(H4,22,23,25)(H2,27,28,38)/t12-,13-,14-/m0/s1. The Bertz CT molecular complexity index is 913. The molecule has 40 heavy (non-hydrogen) atoms. The highest BCUT2D eigenvalue weighted by atomic mass is 16.5. The van der Waals surface area contributed by atoms with Crippen LogP contribution >= 0.6 is 0 Å². The third-order valence-corrected chi connectivity index (χ3v) is 5.13. The molecule has 1 aliphatic heterocycles. The number of hydrogen-bond donors (Lipinski definition) is 10. The Balaban J connectivity index is 3.03. The third-order valence-electron chi connectivity index (χ3n) is 5.13. The number of aliphatic carboxylic acids is 1. The molecule has 0 spiro atoms. The van der Waals surface area contributed by atoms with E-state index in [0.717, 1.165) is 0 Å². The van der Waals surface area contributed by atoms with Gasteiger partial charge in [0, 0.05) is 19.5 Å². The van der Waals surface area contributed by atoms with Crippen LogP contribution in [0.1, 0.15) is 25.7 Å². The molecule has 3 atom stereocenters. The summed E-state index contributed by atoms with van der Waals surface area (Å²) in [6, 6.07) is -5.07. The molecule has 6 amide bonds. The van der Waals surface area contributed by atoms with Crippen LogP contribution in [0.15, 0.2) is 4.99 Å². The fourth-order valence-corrected chi connectivity index (χ4v) is 3.15. The van der Waals surface area contributed by atoms with E-state index in [1.807, 2.05) is 0 Å². The van der Waals surface area contributed by atoms with Gasteiger partial charge in [0.2, 0.25) is 11.8 Å². The maximum Gasteiger partial charge on any atom is 0.316 e. The first-order chi connectivity index (χ1) is 19.0. The lowest BCUT2D eigenvalue weighted by Crippen LogP contribution is -2.59. The third kappa shape index (κ3) is 14.6. The van der Waals surface area contributed by atoms with Crippen molar-refractivity contribution in [1.29, 1.82) is 0 Å². The predicted octanol–water partition coefficient (Wildman–Crippen LogP) is -5.27. The van der Waals surface area contributed by atoms with E-state index in [4.69, 9.17) is 26.0 Å². The minimum atomic E-state index is -1.47. The summed E-state index contributed by atoms with van der Waals surface area (Å²) in [5.74, 6) is -4.63. The largest absolute Gasteiger partial charge is 0.481 e. The van der Waals surface area contributed by atoms with Gasteiger partial charge in [0.05, 0.1) is 26.4 Å². The molecule has 0 saturated carbocycles. The van der Waals surface area contributed by atoms with Crippen molar-refractivity contribution >= 4 is 41.6 Å². The second-order valence-corrected chi connectivity index (χ2v) is 8.34. The van der Waals surface area contributed by atoms with Crippen LogP contribution in [0.3, 0.4) is 0 Å². The number of aliphatic imine (C=N–C) groups is 1. The number of nitrogens with zero attached hydrogens (tertiary/aromatic N) is 1. The molecule has 0 aromatic rings. The number of hydrazine groups is 1. The van der Waals surface area contributed by atoms with Crippen molar-refractivity contribution in [2.75, 3.05) is 46.1 Å². The van der Waals surface area contributed by atoms with E-state index in [2.05, 4.69) is 37.1 Å². The molecule has 1 fully saturated rings. The second kappa shape index (κ2) is 18.9. The van der Waals surface area contributed by atoms with Gasteiger partial charge in [-0.3, -0.25) is 39.8 Å². The van der Waals surface area contributed by atoms with Gasteiger partial charge in [-0.05, 0) is 19.3 Å². The molecule has 0 aliphatic carbocycles. The SMILES string of the molecule is NC(N)=NCCC[C@@H]1NC(=O)COCCOCCNC(=O)[C@H](CO)NC(=O)N[C@@H](CCC(=O)O)C(=O)NNC1=O. The zero-order valence-corrected chi connectivity index (χ0v) is 21.8. The molecule has 0 radical (unpaired) electrons. The highest BCUT2D eigenvalue weighted by Crippen LogP contribution is 2.01. The average molecular weight is 576 g/mol. The van der Waals surface area contributed by atoms with Crippen LogP contribution in [0, 0.1) is 0 Å². The number of aliphatic hydroxyl groups excluding tert-OH is 1. The fraction of sp³-hybridized carbons (Fsp3) is 0.667. The molecular formula is C21H37N9O10. The first-order valence-corrected chi connectivity index (χ1v) is 12.3. The first-order valence-electron chi connectivity index (χ1n) is 12.3. The minimum absolute atomic E-state index is 0.0253. The number of rotatable bonds is 8. The van der Waals surface area contributed by atoms with Crippen LogP contribution in [0.4, 0.5) is 4.79 Å². The molecule has 1 rings (SSSR count). The zero-order valence-electron chi connectivity index (χ0n) is 21.8. The van der Waals surface area contributed by atoms with Gasteiger partial charge in [0.1, 0.15) is 24.7 Å². The summed E-state index contributed by atoms with van der Waals surface area (Å²) in [6.45, 7) is -0.834. The second-order valence-electron chi connectivity index (χ2n) is 8.34. The molecule has 12 N–H and O–H groups in total. The highest BCUT2D eigenvalue weighted by Gasteiger charge is 2.27. The van der Waals surface area contributed by atoms with Crippen molar-refractivity contribution in [2.45, 2.75) is 43.8 Å². The van der Waals surface area contributed by atoms with Crippen LogP contribution < -0.4 is 43.6 Å². The lowest BCUT2D eigenvalue weighted by molar-refractivity contribution is -0.137. The van der Waals surface area contributed by atoms with E-state index in [-0.39, 0.29) is 58.1 Å². The molecule has 226 valence electrons. The van der Waals surface area contributed by atoms with Gasteiger partial charge < -0.3 is 52.4 Å². The normalized spacial score (nSPS) is 22.6. The van der Waals surface area contributed by atoms with E-state index in [1.54, 1.807) is 0 Å². The van der Waals surface area contributed by atoms with Gasteiger partial charge in [-0.2, -0.15) is 0 Å². The number of amides is 6. The minimum Gasteiger partial charge on any atom is -0.481 e. The average Bonchev–Trinajstić information content (AvgIpc) is 2.90. The lowest BCUT2D eigenvalue weighted by Gasteiger charge is -2.22. The van der Waals surface area contributed by atoms with E-state index >= 15 is 0 Å². The Morgan fingerprint density at radius 2 is 1.50 bits per heavy atom. The lowest BCUT2D eigenvalue weighted by atomic mass is 10.1. The number of hydrogen-bond acceptors (Lipinski definition) is 10. The molecular weight excluding hydrogens is 538 g/mol. The van der Waals surface area contributed by atoms with Gasteiger partial charge in [0.15, 0.2) is 5.96 Å². The Labute approximate surface area is 229 Å². The molecule has 19 nitrogen and oxygen atoms in total. The van der Waals surface area contributed by atoms with E-state index < -0.39 is 73.4 Å². The van der Waals surface area contributed by atoms with Crippen LogP contribution in [0.5, 0.6) is 0 Å². The Morgan fingerprint density at radius 3 is 2.12 bits per heavy atom. The maximum absolute atomic E-state index is 12.8. The number of aliphatic hydroxyl groups is 1. The summed E-state index contributed by atoms with van der Waals surface area (Å²) in [5, 5.41) is 27.8. The van der Waals surface area contributed by atoms with Crippen LogP contribution in [-0.2, 0) is 33.4 Å². The highest BCUT2D eigenvalue weighted by molar-refractivity contribution is 5.93. The number of carboxylic acids is 1. The number of guanidine groups is 1. The Morgan fingerprint density at radius 1 is 0.875 bits per heavy atom. The molecule has 1 heterocycles. The van der Waals surface area contributed by atoms with E-state index in [1.165, 1.54) is 0 Å². The van der Waals surface area contributed by atoms with Crippen molar-refractivity contribution in [1.82, 2.24) is 32.1 Å². The number of carbonyl (C=O) groups is 6. The van der Waals surface area contributed by atoms with Crippen LogP contribution in [0.2, 0.25) is 0 Å². The zero-order chi connectivity index (χ0) is 29.9. The summed E-state index contributed by atoms with van der Waals surface area (Å²) < 4.78 is 10.5. The van der Waals surface area contributed by atoms with Gasteiger partial charge in [-0.15, -0.1) is 0 Å². The van der Waals surface area contributed by atoms with Crippen LogP contribution in [0.25, 0.3) is 0 Å². The van der Waals surface area contributed by atoms with Crippen LogP contribution in [-0.4, -0.2) is 116 Å². The quantitative estimate of drug-likeness (QED) is 0.0737. The number of carboxylic acid groups (broad SMARTS) is 1. The topological polar surface area (TPSA) is 298 Å². The summed E-state index contributed by atoms with van der Waals surface area (Å²) in [6.07, 6.45) is -0.561. The molecule has 0 aromatic heterocycles. The van der Waals surface area contributed by atoms with Crippen molar-refractivity contribution < 1.29 is 48.5 Å². The monoisotopic (exact) mass is 575 g/mol. The maximum atomic E-state index is 12.8. The molecule has 1 aliphatic rings. The molecule has 0 aromatic carbocycles. The number of nitrogens with one attached hydrogen (secondary N) is 6. The van der Waals surface area contributed by atoms with Crippen molar-refractivity contribution in [3.8, 4) is 0 Å². The summed E-state index contributed by atoms with van der Waals surface area (Å²) in [7, 11) is 0. The Hall–Kier alpha value is -4.23. The smallest absolute Gasteiger partial charge is 0.316 e. The number of carbonyl (C=O) groups excluding carboxylic acids is 5. The molecule has 19 heteroatoms. The molecule has 1 saturated heterocycles. The Kier molecular flexibility index (Phi) is 16.0. The summed E-state index contributed by atoms with van der Waals surface area (Å²) in [4.78, 5) is 77.2. The summed E-state index contributed by atoms with van der Waals surface area (Å²) >= 11 is 0. The number of ether oxygens (including phenoxy) is 2. The van der Waals surface area contributed by atoms with Crippen molar-refractivity contribution in [3.63, 3.8) is 0 Å². The van der Waals surface area contributed by atoms with Gasteiger partial charge in [-0.25, -0.2) is 4.79 Å². The van der Waals surface area contributed by atoms with Gasteiger partial charge >= 0.3 is 12.0 Å². The van der Waals surface area contributed by atoms with E-state index in [0.29, 0.717) is 0 Å². The molecule has 0 unspecified atom stereocenters. The van der Waals surface area contributed by atoms with Gasteiger partial charge in [0.25, 0.3) is 11.8 Å². The fourth-order valence-electron chi connectivity index (χ4n) is 3.15. The first kappa shape index (κ1) is 33.8. The summed E-state index contributed by atoms with van der Waals surface area (Å²) in [5.41, 5.74) is 14.8. The van der Waals surface area contributed by atoms with Crippen molar-refractivity contribution in [2.24, 2.45) is 16.5 Å². The number of urea groups is 1. The molecule has 0 bridgehead atoms. The van der Waals surface area contributed by atoms with Gasteiger partial charge in [-0.1, -0.05) is 0 Å². The van der Waals surface area contributed by atoms with Crippen molar-refractivity contribution in [3.05, 3.63) is 0 Å². The predicted molar refractivity (Wildman–Crippen MR) is 136 cm³/mol.